The van der Waals surface area contributed by atoms with E-state index < -0.39 is 0 Å². The zero-order chi connectivity index (χ0) is 21.4. The summed E-state index contributed by atoms with van der Waals surface area (Å²) in [5.41, 5.74) is 5.69. The topological polar surface area (TPSA) is 76.3 Å². The van der Waals surface area contributed by atoms with Gasteiger partial charge in [0.25, 0.3) is 5.22 Å². The van der Waals surface area contributed by atoms with Crippen molar-refractivity contribution in [3.63, 3.8) is 0 Å². The van der Waals surface area contributed by atoms with E-state index in [2.05, 4.69) is 16.3 Å². The molecule has 3 aromatic rings. The van der Waals surface area contributed by atoms with Crippen LogP contribution in [0.5, 0.6) is 0 Å². The fourth-order valence-corrected chi connectivity index (χ4v) is 4.55. The minimum absolute atomic E-state index is 0.00442. The molecule has 30 heavy (non-hydrogen) atoms. The molecule has 0 fully saturated rings. The van der Waals surface area contributed by atoms with Crippen LogP contribution in [0.4, 0.5) is 5.69 Å². The standard InChI is InChI=1S/C23H23N3O3S/c1-13-9-14(2)11-19(10-13)22-24-25-23(29-22)30-15(3)21(28)18-5-6-20-17(12-18)7-8-26(20)16(4)27/h5-6,9-12,15H,7-8H2,1-4H3/t15-/m0/s1. The molecule has 0 spiro atoms. The molecule has 7 heteroatoms. The molecule has 0 N–H and O–H groups in total. The molecule has 0 saturated heterocycles. The molecule has 4 rings (SSSR count). The number of ketones is 1. The lowest BCUT2D eigenvalue weighted by Gasteiger charge is -2.15. The maximum absolute atomic E-state index is 12.9. The van der Waals surface area contributed by atoms with Crippen molar-refractivity contribution in [1.82, 2.24) is 10.2 Å². The van der Waals surface area contributed by atoms with Gasteiger partial charge in [0.05, 0.1) is 5.25 Å². The lowest BCUT2D eigenvalue weighted by atomic mass is 10.0. The van der Waals surface area contributed by atoms with Crippen LogP contribution in [-0.4, -0.2) is 33.7 Å². The van der Waals surface area contributed by atoms with E-state index in [0.717, 1.165) is 34.4 Å². The van der Waals surface area contributed by atoms with Gasteiger partial charge in [-0.1, -0.05) is 29.0 Å². The molecule has 1 amide bonds. The predicted molar refractivity (Wildman–Crippen MR) is 117 cm³/mol. The Kier molecular flexibility index (Phi) is 5.47. The molecule has 0 bridgehead atoms. The molecule has 1 aliphatic rings. The summed E-state index contributed by atoms with van der Waals surface area (Å²) in [5, 5.41) is 8.24. The van der Waals surface area contributed by atoms with Gasteiger partial charge in [0.15, 0.2) is 5.78 Å². The van der Waals surface area contributed by atoms with E-state index in [1.54, 1.807) is 17.9 Å². The first-order valence-electron chi connectivity index (χ1n) is 9.86. The Labute approximate surface area is 179 Å². The van der Waals surface area contributed by atoms with Crippen molar-refractivity contribution in [3.8, 4) is 11.5 Å². The third-order valence-electron chi connectivity index (χ3n) is 5.16. The van der Waals surface area contributed by atoms with E-state index in [-0.39, 0.29) is 16.9 Å². The molecule has 2 aromatic carbocycles. The van der Waals surface area contributed by atoms with Crippen molar-refractivity contribution < 1.29 is 14.0 Å². The Balaban J connectivity index is 1.48. The van der Waals surface area contributed by atoms with E-state index in [0.29, 0.717) is 23.2 Å². The zero-order valence-corrected chi connectivity index (χ0v) is 18.2. The highest BCUT2D eigenvalue weighted by Gasteiger charge is 2.25. The molecule has 0 unspecified atom stereocenters. The number of rotatable bonds is 5. The molecule has 0 aliphatic carbocycles. The molecule has 0 saturated carbocycles. The van der Waals surface area contributed by atoms with Crippen molar-refractivity contribution in [3.05, 3.63) is 58.7 Å². The van der Waals surface area contributed by atoms with E-state index in [1.165, 1.54) is 11.8 Å². The molecular weight excluding hydrogens is 398 g/mol. The summed E-state index contributed by atoms with van der Waals surface area (Å²) < 4.78 is 5.80. The van der Waals surface area contributed by atoms with Gasteiger partial charge >= 0.3 is 0 Å². The van der Waals surface area contributed by atoms with Gasteiger partial charge in [0.2, 0.25) is 11.8 Å². The van der Waals surface area contributed by atoms with Crippen molar-refractivity contribution in [2.45, 2.75) is 44.6 Å². The number of hydrogen-bond donors (Lipinski definition) is 0. The number of fused-ring (bicyclic) bond motifs is 1. The fourth-order valence-electron chi connectivity index (χ4n) is 3.79. The van der Waals surface area contributed by atoms with Crippen LogP contribution in [0.2, 0.25) is 0 Å². The van der Waals surface area contributed by atoms with Crippen LogP contribution in [0.3, 0.4) is 0 Å². The van der Waals surface area contributed by atoms with Gasteiger partial charge in [-0.2, -0.15) is 0 Å². The van der Waals surface area contributed by atoms with Crippen molar-refractivity contribution >= 4 is 29.1 Å². The molecule has 2 heterocycles. The number of carbonyl (C=O) groups excluding carboxylic acids is 2. The van der Waals surface area contributed by atoms with Gasteiger partial charge in [-0.3, -0.25) is 9.59 Å². The average Bonchev–Trinajstić information content (AvgIpc) is 3.33. The number of hydrogen-bond acceptors (Lipinski definition) is 6. The lowest BCUT2D eigenvalue weighted by Crippen LogP contribution is -2.25. The van der Waals surface area contributed by atoms with Crippen LogP contribution < -0.4 is 4.90 Å². The highest BCUT2D eigenvalue weighted by molar-refractivity contribution is 8.00. The number of aromatic nitrogens is 2. The first-order chi connectivity index (χ1) is 14.3. The Bertz CT molecular complexity index is 1120. The maximum Gasteiger partial charge on any atom is 0.277 e. The Hall–Kier alpha value is -2.93. The molecular formula is C23H23N3O3S. The summed E-state index contributed by atoms with van der Waals surface area (Å²) in [6.07, 6.45) is 0.764. The van der Waals surface area contributed by atoms with Gasteiger partial charge in [0, 0.05) is 30.3 Å². The monoisotopic (exact) mass is 421 g/mol. The third-order valence-corrected chi connectivity index (χ3v) is 6.10. The lowest BCUT2D eigenvalue weighted by molar-refractivity contribution is -0.116. The normalized spacial score (nSPS) is 13.9. The van der Waals surface area contributed by atoms with E-state index in [9.17, 15) is 9.59 Å². The maximum atomic E-state index is 12.9. The summed E-state index contributed by atoms with van der Waals surface area (Å²) in [4.78, 5) is 26.4. The Morgan fingerprint density at radius 2 is 1.83 bits per heavy atom. The van der Waals surface area contributed by atoms with Gasteiger partial charge in [-0.15, -0.1) is 10.2 Å². The number of benzene rings is 2. The second-order valence-corrected chi connectivity index (χ2v) is 8.93. The van der Waals surface area contributed by atoms with Gasteiger partial charge in [-0.25, -0.2) is 0 Å². The first-order valence-corrected chi connectivity index (χ1v) is 10.7. The molecule has 6 nitrogen and oxygen atoms in total. The second kappa shape index (κ2) is 8.07. The third kappa shape index (κ3) is 4.03. The summed E-state index contributed by atoms with van der Waals surface area (Å²) in [5.74, 6) is 0.466. The van der Waals surface area contributed by atoms with Crippen LogP contribution in [0.1, 0.15) is 40.9 Å². The van der Waals surface area contributed by atoms with E-state index in [1.807, 2.05) is 45.0 Å². The fraction of sp³-hybridized carbons (Fsp3) is 0.304. The number of thioether (sulfide) groups is 1. The molecule has 1 aromatic heterocycles. The summed E-state index contributed by atoms with van der Waals surface area (Å²) in [6, 6.07) is 11.6. The second-order valence-electron chi connectivity index (χ2n) is 7.64. The van der Waals surface area contributed by atoms with Crippen molar-refractivity contribution in [2.24, 2.45) is 0 Å². The summed E-state index contributed by atoms with van der Waals surface area (Å²) >= 11 is 1.25. The summed E-state index contributed by atoms with van der Waals surface area (Å²) in [6.45, 7) is 8.10. The number of nitrogens with zero attached hydrogens (tertiary/aromatic N) is 3. The van der Waals surface area contributed by atoms with Gasteiger partial charge in [0.1, 0.15) is 0 Å². The number of carbonyl (C=O) groups is 2. The Morgan fingerprint density at radius 3 is 2.53 bits per heavy atom. The van der Waals surface area contributed by atoms with E-state index >= 15 is 0 Å². The Morgan fingerprint density at radius 1 is 1.10 bits per heavy atom. The van der Waals surface area contributed by atoms with Crippen LogP contribution in [0.15, 0.2) is 46.0 Å². The number of amides is 1. The SMILES string of the molecule is CC(=O)N1CCc2cc(C(=O)[C@H](C)Sc3nnc(-c4cc(C)cc(C)c4)o3)ccc21. The quantitative estimate of drug-likeness (QED) is 0.442. The molecule has 154 valence electrons. The van der Waals surface area contributed by atoms with Crippen molar-refractivity contribution in [2.75, 3.05) is 11.4 Å². The highest BCUT2D eigenvalue weighted by Crippen LogP contribution is 2.32. The largest absolute Gasteiger partial charge is 0.411 e. The smallest absolute Gasteiger partial charge is 0.277 e. The van der Waals surface area contributed by atoms with Gasteiger partial charge in [-0.05, 0) is 63.1 Å². The minimum Gasteiger partial charge on any atom is -0.411 e. The molecule has 0 radical (unpaired) electrons. The number of aryl methyl sites for hydroxylation is 2. The van der Waals surface area contributed by atoms with Crippen LogP contribution in [0, 0.1) is 13.8 Å². The van der Waals surface area contributed by atoms with E-state index in [4.69, 9.17) is 4.42 Å². The number of anilines is 1. The zero-order valence-electron chi connectivity index (χ0n) is 17.4. The predicted octanol–water partition coefficient (Wildman–Crippen LogP) is 4.63. The summed E-state index contributed by atoms with van der Waals surface area (Å²) in [7, 11) is 0. The minimum atomic E-state index is -0.374. The van der Waals surface area contributed by atoms with Crippen LogP contribution >= 0.6 is 11.8 Å². The van der Waals surface area contributed by atoms with Gasteiger partial charge < -0.3 is 9.32 Å². The van der Waals surface area contributed by atoms with Crippen molar-refractivity contribution in [1.29, 1.82) is 0 Å². The molecule has 1 aliphatic heterocycles. The number of Topliss-reactive ketones (excluding diaryl/α,β-unsaturated/α-hetero) is 1. The highest BCUT2D eigenvalue weighted by atomic mass is 32.2. The van der Waals surface area contributed by atoms with Crippen LogP contribution in [-0.2, 0) is 11.2 Å². The van der Waals surface area contributed by atoms with Crippen LogP contribution in [0.25, 0.3) is 11.5 Å². The molecule has 1 atom stereocenters. The first kappa shape index (κ1) is 20.3. The average molecular weight is 422 g/mol.